The molecule has 0 aromatic heterocycles. The van der Waals surface area contributed by atoms with Crippen LogP contribution >= 0.6 is 0 Å². The Kier molecular flexibility index (Phi) is 4.42. The van der Waals surface area contributed by atoms with Crippen LogP contribution in [0.25, 0.3) is 0 Å². The summed E-state index contributed by atoms with van der Waals surface area (Å²) in [5, 5.41) is 9.45. The van der Waals surface area contributed by atoms with Crippen LogP contribution in [-0.4, -0.2) is 47.2 Å². The third-order valence-corrected chi connectivity index (χ3v) is 3.64. The fourth-order valence-electron chi connectivity index (χ4n) is 2.73. The summed E-state index contributed by atoms with van der Waals surface area (Å²) in [5.74, 6) is -0.630. The van der Waals surface area contributed by atoms with Crippen molar-refractivity contribution in [2.45, 2.75) is 38.5 Å². The third-order valence-electron chi connectivity index (χ3n) is 3.64. The van der Waals surface area contributed by atoms with Gasteiger partial charge in [0.05, 0.1) is 13.2 Å². The predicted molar refractivity (Wildman–Crippen MR) is 79.7 cm³/mol. The number of aliphatic carboxylic acids is 1. The molecule has 0 unspecified atom stereocenters. The zero-order valence-electron chi connectivity index (χ0n) is 13.2. The van der Waals surface area contributed by atoms with E-state index >= 15 is 0 Å². The maximum absolute atomic E-state index is 12.3. The Morgan fingerprint density at radius 1 is 1.32 bits per heavy atom. The second kappa shape index (κ2) is 5.96. The lowest BCUT2D eigenvalue weighted by Crippen LogP contribution is -2.58. The smallest absolute Gasteiger partial charge is 0.335 e. The molecule has 1 amide bonds. The van der Waals surface area contributed by atoms with Crippen LogP contribution in [0.2, 0.25) is 0 Å². The minimum absolute atomic E-state index is 0.217. The predicted octanol–water partition coefficient (Wildman–Crippen LogP) is 1.85. The number of hydrogen-bond acceptors (Lipinski definition) is 4. The SMILES string of the molecule is COc1ccc([C@@H]2[C@@H](C(=O)O)OCC(=O)N2C(C)(C)C)cc1. The highest BCUT2D eigenvalue weighted by atomic mass is 16.5. The Morgan fingerprint density at radius 2 is 1.91 bits per heavy atom. The van der Waals surface area contributed by atoms with E-state index in [0.717, 1.165) is 0 Å². The number of ether oxygens (including phenoxy) is 2. The van der Waals surface area contributed by atoms with Gasteiger partial charge in [-0.1, -0.05) is 12.1 Å². The van der Waals surface area contributed by atoms with Crippen LogP contribution in [0, 0.1) is 0 Å². The van der Waals surface area contributed by atoms with Gasteiger partial charge in [0.25, 0.3) is 0 Å². The number of rotatable bonds is 3. The van der Waals surface area contributed by atoms with Crippen molar-refractivity contribution in [3.63, 3.8) is 0 Å². The first-order valence-corrected chi connectivity index (χ1v) is 7.06. The summed E-state index contributed by atoms with van der Waals surface area (Å²) >= 11 is 0. The van der Waals surface area contributed by atoms with Crippen molar-refractivity contribution in [3.8, 4) is 5.75 Å². The Bertz CT molecular complexity index is 561. The molecule has 1 aromatic carbocycles. The number of methoxy groups -OCH3 is 1. The number of amides is 1. The molecule has 0 saturated carbocycles. The maximum atomic E-state index is 12.3. The Labute approximate surface area is 129 Å². The van der Waals surface area contributed by atoms with E-state index in [-0.39, 0.29) is 12.5 Å². The summed E-state index contributed by atoms with van der Waals surface area (Å²) in [7, 11) is 1.56. The molecule has 1 aliphatic rings. The fourth-order valence-corrected chi connectivity index (χ4v) is 2.73. The van der Waals surface area contributed by atoms with Crippen molar-refractivity contribution in [2.75, 3.05) is 13.7 Å². The summed E-state index contributed by atoms with van der Waals surface area (Å²) in [6.45, 7) is 5.42. The molecule has 1 aromatic rings. The van der Waals surface area contributed by atoms with Gasteiger partial charge in [-0.2, -0.15) is 0 Å². The van der Waals surface area contributed by atoms with Crippen molar-refractivity contribution in [2.24, 2.45) is 0 Å². The molecule has 1 aliphatic heterocycles. The van der Waals surface area contributed by atoms with Gasteiger partial charge in [-0.25, -0.2) is 4.79 Å². The molecule has 2 rings (SSSR count). The molecule has 0 aliphatic carbocycles. The topological polar surface area (TPSA) is 76.1 Å². The molecule has 22 heavy (non-hydrogen) atoms. The molecule has 0 spiro atoms. The Morgan fingerprint density at radius 3 is 2.36 bits per heavy atom. The molecular weight excluding hydrogens is 286 g/mol. The van der Waals surface area contributed by atoms with Crippen LogP contribution in [0.4, 0.5) is 0 Å². The standard InChI is InChI=1S/C16H21NO5/c1-16(2,3)17-12(18)9-22-14(15(19)20)13(17)10-5-7-11(21-4)8-6-10/h5-8,13-14H,9H2,1-4H3,(H,19,20)/t13-,14+/m1/s1. The molecular formula is C16H21NO5. The number of carboxylic acid groups (broad SMARTS) is 1. The lowest BCUT2D eigenvalue weighted by molar-refractivity contribution is -0.179. The maximum Gasteiger partial charge on any atom is 0.335 e. The van der Waals surface area contributed by atoms with Crippen molar-refractivity contribution < 1.29 is 24.2 Å². The normalized spacial score (nSPS) is 22.5. The first-order valence-electron chi connectivity index (χ1n) is 7.06. The van der Waals surface area contributed by atoms with Gasteiger partial charge in [-0.05, 0) is 38.5 Å². The van der Waals surface area contributed by atoms with Gasteiger partial charge in [-0.15, -0.1) is 0 Å². The molecule has 2 atom stereocenters. The minimum atomic E-state index is -1.09. The lowest BCUT2D eigenvalue weighted by atomic mass is 9.92. The van der Waals surface area contributed by atoms with Gasteiger partial charge >= 0.3 is 5.97 Å². The highest BCUT2D eigenvalue weighted by Crippen LogP contribution is 2.36. The van der Waals surface area contributed by atoms with E-state index in [4.69, 9.17) is 9.47 Å². The number of carbonyl (C=O) groups is 2. The quantitative estimate of drug-likeness (QED) is 0.922. The Hall–Kier alpha value is -2.08. The second-order valence-corrected chi connectivity index (χ2v) is 6.22. The summed E-state index contributed by atoms with van der Waals surface area (Å²) in [6.07, 6.45) is -1.09. The highest BCUT2D eigenvalue weighted by Gasteiger charge is 2.45. The third kappa shape index (κ3) is 3.06. The Balaban J connectivity index is 2.49. The van der Waals surface area contributed by atoms with Crippen LogP contribution in [0.1, 0.15) is 32.4 Å². The summed E-state index contributed by atoms with van der Waals surface area (Å²) in [4.78, 5) is 25.4. The van der Waals surface area contributed by atoms with Crippen LogP contribution in [-0.2, 0) is 14.3 Å². The number of carbonyl (C=O) groups excluding carboxylic acids is 1. The van der Waals surface area contributed by atoms with Crippen LogP contribution < -0.4 is 4.74 Å². The van der Waals surface area contributed by atoms with E-state index in [1.54, 1.807) is 36.3 Å². The average molecular weight is 307 g/mol. The van der Waals surface area contributed by atoms with Gasteiger partial charge in [-0.3, -0.25) is 4.79 Å². The first-order chi connectivity index (χ1) is 10.3. The van der Waals surface area contributed by atoms with E-state index in [2.05, 4.69) is 0 Å². The molecule has 6 heteroatoms. The van der Waals surface area contributed by atoms with Crippen molar-refractivity contribution in [1.82, 2.24) is 4.90 Å². The molecule has 1 saturated heterocycles. The molecule has 1 N–H and O–H groups in total. The number of nitrogens with zero attached hydrogens (tertiary/aromatic N) is 1. The van der Waals surface area contributed by atoms with Crippen LogP contribution in [0.3, 0.4) is 0 Å². The monoisotopic (exact) mass is 307 g/mol. The molecule has 120 valence electrons. The first kappa shape index (κ1) is 16.3. The number of morpholine rings is 1. The van der Waals surface area contributed by atoms with E-state index in [1.807, 2.05) is 20.8 Å². The molecule has 6 nitrogen and oxygen atoms in total. The van der Waals surface area contributed by atoms with Gasteiger partial charge in [0.15, 0.2) is 6.10 Å². The zero-order valence-corrected chi connectivity index (χ0v) is 13.2. The molecule has 1 fully saturated rings. The van der Waals surface area contributed by atoms with E-state index in [0.29, 0.717) is 11.3 Å². The van der Waals surface area contributed by atoms with E-state index < -0.39 is 23.7 Å². The van der Waals surface area contributed by atoms with Crippen molar-refractivity contribution in [3.05, 3.63) is 29.8 Å². The van der Waals surface area contributed by atoms with Gasteiger partial charge < -0.3 is 19.5 Å². The number of carboxylic acids is 1. The van der Waals surface area contributed by atoms with Crippen LogP contribution in [0.5, 0.6) is 5.75 Å². The largest absolute Gasteiger partial charge is 0.497 e. The van der Waals surface area contributed by atoms with Crippen LogP contribution in [0.15, 0.2) is 24.3 Å². The van der Waals surface area contributed by atoms with Gasteiger partial charge in [0, 0.05) is 5.54 Å². The van der Waals surface area contributed by atoms with E-state index in [1.165, 1.54) is 0 Å². The number of benzene rings is 1. The van der Waals surface area contributed by atoms with Gasteiger partial charge in [0.2, 0.25) is 5.91 Å². The molecule has 0 radical (unpaired) electrons. The fraction of sp³-hybridized carbons (Fsp3) is 0.500. The van der Waals surface area contributed by atoms with E-state index in [9.17, 15) is 14.7 Å². The average Bonchev–Trinajstić information content (AvgIpc) is 2.45. The molecule has 1 heterocycles. The lowest BCUT2D eigenvalue weighted by Gasteiger charge is -2.46. The summed E-state index contributed by atoms with van der Waals surface area (Å²) in [5.41, 5.74) is 0.190. The highest BCUT2D eigenvalue weighted by molar-refractivity contribution is 5.83. The minimum Gasteiger partial charge on any atom is -0.497 e. The van der Waals surface area contributed by atoms with Gasteiger partial charge in [0.1, 0.15) is 12.4 Å². The number of hydrogen-bond donors (Lipinski definition) is 1. The van der Waals surface area contributed by atoms with Crippen molar-refractivity contribution in [1.29, 1.82) is 0 Å². The van der Waals surface area contributed by atoms with Crippen molar-refractivity contribution >= 4 is 11.9 Å². The zero-order chi connectivity index (χ0) is 16.5. The second-order valence-electron chi connectivity index (χ2n) is 6.22. The summed E-state index contributed by atoms with van der Waals surface area (Å²) in [6, 6.07) is 6.34. The summed E-state index contributed by atoms with van der Waals surface area (Å²) < 4.78 is 10.4. The molecule has 0 bridgehead atoms.